The van der Waals surface area contributed by atoms with Crippen molar-refractivity contribution in [3.05, 3.63) is 71.5 Å². The number of rotatable bonds is 7. The van der Waals surface area contributed by atoms with E-state index in [-0.39, 0.29) is 0 Å². The number of hydrogen-bond acceptors (Lipinski definition) is 8. The lowest BCUT2D eigenvalue weighted by molar-refractivity contribution is 0.462. The highest BCUT2D eigenvalue weighted by Gasteiger charge is 2.16. The van der Waals surface area contributed by atoms with E-state index in [1.807, 2.05) is 25.4 Å². The quantitative estimate of drug-likeness (QED) is 0.338. The van der Waals surface area contributed by atoms with Crippen molar-refractivity contribution >= 4 is 23.6 Å². The zero-order valence-electron chi connectivity index (χ0n) is 21.1. The molecule has 1 fully saturated rings. The first kappa shape index (κ1) is 24.1. The molecule has 5 rings (SSSR count). The summed E-state index contributed by atoms with van der Waals surface area (Å²) in [4.78, 5) is 12.9. The lowest BCUT2D eigenvalue weighted by Gasteiger charge is -2.30. The molecule has 0 amide bonds. The van der Waals surface area contributed by atoms with Gasteiger partial charge in [0.05, 0.1) is 16.8 Å². The highest BCUT2D eigenvalue weighted by molar-refractivity contribution is 8.00. The molecule has 186 valence electrons. The van der Waals surface area contributed by atoms with Gasteiger partial charge in [-0.1, -0.05) is 18.2 Å². The first-order chi connectivity index (χ1) is 17.5. The van der Waals surface area contributed by atoms with E-state index in [1.54, 1.807) is 10.9 Å². The molecule has 8 nitrogen and oxygen atoms in total. The van der Waals surface area contributed by atoms with E-state index in [2.05, 4.69) is 76.1 Å². The molecular weight excluding hydrogens is 470 g/mol. The van der Waals surface area contributed by atoms with E-state index >= 15 is 0 Å². The Morgan fingerprint density at radius 1 is 0.972 bits per heavy atom. The minimum absolute atomic E-state index is 0.480. The summed E-state index contributed by atoms with van der Waals surface area (Å²) in [5, 5.41) is 7.63. The van der Waals surface area contributed by atoms with E-state index in [0.29, 0.717) is 11.8 Å². The molecule has 0 atom stereocenters. The smallest absolute Gasteiger partial charge is 0.237 e. The van der Waals surface area contributed by atoms with Gasteiger partial charge in [0.25, 0.3) is 0 Å². The third-order valence-corrected chi connectivity index (χ3v) is 6.96. The summed E-state index contributed by atoms with van der Waals surface area (Å²) in [5.74, 6) is 1.72. The van der Waals surface area contributed by atoms with Crippen LogP contribution in [0.4, 0.5) is 11.6 Å². The summed E-state index contributed by atoms with van der Waals surface area (Å²) in [5.41, 5.74) is 6.65. The molecule has 4 aromatic rings. The molecule has 0 spiro atoms. The van der Waals surface area contributed by atoms with Crippen LogP contribution in [0.25, 0.3) is 11.3 Å². The van der Waals surface area contributed by atoms with Gasteiger partial charge in [-0.2, -0.15) is 10.1 Å². The van der Waals surface area contributed by atoms with Crippen LogP contribution in [0.15, 0.2) is 59.8 Å². The minimum Gasteiger partial charge on any atom is -0.439 e. The lowest BCUT2D eigenvalue weighted by Crippen LogP contribution is -2.43. The molecule has 0 aliphatic carbocycles. The van der Waals surface area contributed by atoms with Crippen molar-refractivity contribution in [2.75, 3.05) is 35.8 Å². The number of ether oxygens (including phenoxy) is 1. The number of nitrogens with zero attached hydrogens (tertiary/aromatic N) is 5. The van der Waals surface area contributed by atoms with Crippen molar-refractivity contribution in [2.24, 2.45) is 7.05 Å². The van der Waals surface area contributed by atoms with Gasteiger partial charge in [-0.05, 0) is 67.6 Å². The summed E-state index contributed by atoms with van der Waals surface area (Å²) in [6.07, 6.45) is 3.74. The Balaban J connectivity index is 1.45. The van der Waals surface area contributed by atoms with Crippen LogP contribution in [0, 0.1) is 20.8 Å². The van der Waals surface area contributed by atoms with Crippen molar-refractivity contribution in [1.29, 1.82) is 0 Å². The highest BCUT2D eigenvalue weighted by Crippen LogP contribution is 2.33. The molecule has 0 unspecified atom stereocenters. The molecule has 0 radical (unpaired) electrons. The summed E-state index contributed by atoms with van der Waals surface area (Å²) in [6.45, 7) is 10.4. The van der Waals surface area contributed by atoms with Crippen molar-refractivity contribution in [3.63, 3.8) is 0 Å². The molecule has 0 bridgehead atoms. The second kappa shape index (κ2) is 10.6. The van der Waals surface area contributed by atoms with Crippen molar-refractivity contribution < 1.29 is 4.74 Å². The molecule has 2 N–H and O–H groups in total. The third kappa shape index (κ3) is 5.47. The van der Waals surface area contributed by atoms with Gasteiger partial charge in [0.15, 0.2) is 0 Å². The maximum absolute atomic E-state index is 6.29. The van der Waals surface area contributed by atoms with Gasteiger partial charge >= 0.3 is 0 Å². The molecular formula is C27H31N7OS. The lowest BCUT2D eigenvalue weighted by atomic mass is 10.00. The molecule has 3 heterocycles. The zero-order valence-corrected chi connectivity index (χ0v) is 21.9. The predicted molar refractivity (Wildman–Crippen MR) is 146 cm³/mol. The highest BCUT2D eigenvalue weighted by atomic mass is 32.2. The molecule has 1 aliphatic heterocycles. The van der Waals surface area contributed by atoms with Crippen molar-refractivity contribution in [1.82, 2.24) is 25.1 Å². The largest absolute Gasteiger partial charge is 0.439 e. The van der Waals surface area contributed by atoms with Crippen molar-refractivity contribution in [2.45, 2.75) is 25.7 Å². The molecule has 1 aliphatic rings. The SMILES string of the molecule is Cc1cc(Oc2cc(-c3c(C)cccc3C)nc(NSc3cnn(C)c3)n2)ccc1N1CCNCC1. The summed E-state index contributed by atoms with van der Waals surface area (Å²) in [6, 6.07) is 14.4. The second-order valence-corrected chi connectivity index (χ2v) is 9.90. The van der Waals surface area contributed by atoms with E-state index in [4.69, 9.17) is 9.72 Å². The van der Waals surface area contributed by atoms with Gasteiger partial charge in [-0.15, -0.1) is 0 Å². The van der Waals surface area contributed by atoms with E-state index in [1.165, 1.54) is 23.2 Å². The fourth-order valence-electron chi connectivity index (χ4n) is 4.50. The van der Waals surface area contributed by atoms with Gasteiger partial charge in [-0.3, -0.25) is 9.40 Å². The van der Waals surface area contributed by atoms with Crippen LogP contribution in [-0.2, 0) is 7.05 Å². The molecule has 36 heavy (non-hydrogen) atoms. The maximum atomic E-state index is 6.29. The fourth-order valence-corrected chi connectivity index (χ4v) is 5.10. The minimum atomic E-state index is 0.480. The van der Waals surface area contributed by atoms with E-state index in [0.717, 1.165) is 59.2 Å². The standard InChI is InChI=1S/C27H31N7OS/c1-18-6-5-7-19(2)26(18)23-15-25(31-27(30-23)32-36-22-16-29-33(4)17-22)35-21-8-9-24(20(3)14-21)34-12-10-28-11-13-34/h5-9,14-17,28H,10-13H2,1-4H3,(H,30,31,32). The topological polar surface area (TPSA) is 80.1 Å². The predicted octanol–water partition coefficient (Wildman–Crippen LogP) is 5.12. The first-order valence-electron chi connectivity index (χ1n) is 12.1. The van der Waals surface area contributed by atoms with Crippen LogP contribution < -0.4 is 19.7 Å². The number of nitrogens with one attached hydrogen (secondary N) is 2. The average Bonchev–Trinajstić information content (AvgIpc) is 3.28. The van der Waals surface area contributed by atoms with Crippen LogP contribution in [0.1, 0.15) is 16.7 Å². The van der Waals surface area contributed by atoms with E-state index in [9.17, 15) is 0 Å². The molecule has 1 saturated heterocycles. The number of benzene rings is 2. The number of anilines is 2. The maximum Gasteiger partial charge on any atom is 0.237 e. The monoisotopic (exact) mass is 501 g/mol. The Hall–Kier alpha value is -3.56. The first-order valence-corrected chi connectivity index (χ1v) is 12.9. The molecule has 2 aromatic heterocycles. The van der Waals surface area contributed by atoms with Crippen LogP contribution in [0.3, 0.4) is 0 Å². The number of piperazine rings is 1. The normalized spacial score (nSPS) is 13.6. The van der Waals surface area contributed by atoms with Gasteiger partial charge < -0.3 is 15.0 Å². The van der Waals surface area contributed by atoms with Gasteiger partial charge in [-0.25, -0.2) is 4.98 Å². The van der Waals surface area contributed by atoms with Crippen LogP contribution >= 0.6 is 11.9 Å². The Kier molecular flexibility index (Phi) is 7.11. The van der Waals surface area contributed by atoms with Crippen LogP contribution in [0.2, 0.25) is 0 Å². The second-order valence-electron chi connectivity index (χ2n) is 9.02. The third-order valence-electron chi connectivity index (χ3n) is 6.23. The summed E-state index contributed by atoms with van der Waals surface area (Å²) < 4.78 is 11.3. The van der Waals surface area contributed by atoms with Crippen molar-refractivity contribution in [3.8, 4) is 22.9 Å². The zero-order chi connectivity index (χ0) is 25.1. The van der Waals surface area contributed by atoms with E-state index < -0.39 is 0 Å². The molecule has 9 heteroatoms. The van der Waals surface area contributed by atoms with Gasteiger partial charge in [0.1, 0.15) is 5.75 Å². The Morgan fingerprint density at radius 2 is 1.75 bits per heavy atom. The summed E-state index contributed by atoms with van der Waals surface area (Å²) >= 11 is 1.42. The average molecular weight is 502 g/mol. The Morgan fingerprint density at radius 3 is 2.44 bits per heavy atom. The number of hydrogen-bond donors (Lipinski definition) is 2. The fraction of sp³-hybridized carbons (Fsp3) is 0.296. The van der Waals surface area contributed by atoms with Gasteiger partial charge in [0.2, 0.25) is 11.8 Å². The van der Waals surface area contributed by atoms with Gasteiger partial charge in [0, 0.05) is 56.7 Å². The Bertz CT molecular complexity index is 1340. The Labute approximate surface area is 216 Å². The molecule has 0 saturated carbocycles. The number of aryl methyl sites for hydroxylation is 4. The number of aromatic nitrogens is 4. The molecule has 2 aromatic carbocycles. The summed E-state index contributed by atoms with van der Waals surface area (Å²) in [7, 11) is 1.89. The van der Waals surface area contributed by atoms with Crippen LogP contribution in [0.5, 0.6) is 11.6 Å². The van der Waals surface area contributed by atoms with Crippen LogP contribution in [-0.4, -0.2) is 45.9 Å².